The number of fused-ring (bicyclic) bond motifs is 1. The predicted octanol–water partition coefficient (Wildman–Crippen LogP) is 3.68. The Morgan fingerprint density at radius 2 is 2.00 bits per heavy atom. The Morgan fingerprint density at radius 1 is 1.22 bits per heavy atom. The number of pyridine rings is 1. The van der Waals surface area contributed by atoms with Crippen LogP contribution in [0.3, 0.4) is 0 Å². The highest BCUT2D eigenvalue weighted by Crippen LogP contribution is 2.27. The molecule has 27 heavy (non-hydrogen) atoms. The minimum absolute atomic E-state index is 0.284. The predicted molar refractivity (Wildman–Crippen MR) is 106 cm³/mol. The molecule has 0 aliphatic heterocycles. The SMILES string of the molecule is COc1c(C)cnc(C[S@+]([O-])c2nc3cc(-n4cccc4)ccc3[nH]2)c1C. The van der Waals surface area contributed by atoms with E-state index in [0.717, 1.165) is 39.3 Å². The topological polar surface area (TPSA) is 78.8 Å². The zero-order valence-corrected chi connectivity index (χ0v) is 16.2. The summed E-state index contributed by atoms with van der Waals surface area (Å²) in [6.07, 6.45) is 5.71. The second-order valence-electron chi connectivity index (χ2n) is 6.37. The summed E-state index contributed by atoms with van der Waals surface area (Å²) in [5, 5.41) is 0.454. The highest BCUT2D eigenvalue weighted by Gasteiger charge is 2.21. The molecular weight excluding hydrogens is 360 g/mol. The number of H-pyrrole nitrogens is 1. The first-order valence-electron chi connectivity index (χ1n) is 8.57. The summed E-state index contributed by atoms with van der Waals surface area (Å²) in [5.74, 6) is 1.07. The van der Waals surface area contributed by atoms with Crippen LogP contribution in [0.2, 0.25) is 0 Å². The summed E-state index contributed by atoms with van der Waals surface area (Å²) < 4.78 is 20.3. The Morgan fingerprint density at radius 3 is 2.74 bits per heavy atom. The van der Waals surface area contributed by atoms with Crippen LogP contribution < -0.4 is 4.74 Å². The molecule has 4 rings (SSSR count). The Hall–Kier alpha value is -2.77. The third-order valence-corrected chi connectivity index (χ3v) is 5.74. The maximum Gasteiger partial charge on any atom is 0.322 e. The van der Waals surface area contributed by atoms with E-state index in [0.29, 0.717) is 5.16 Å². The molecule has 3 aromatic heterocycles. The van der Waals surface area contributed by atoms with Crippen LogP contribution in [0, 0.1) is 13.8 Å². The summed E-state index contributed by atoms with van der Waals surface area (Å²) >= 11 is -1.33. The average Bonchev–Trinajstić information content (AvgIpc) is 3.33. The first-order chi connectivity index (χ1) is 13.1. The third-order valence-electron chi connectivity index (χ3n) is 4.58. The standard InChI is InChI=1S/C20H20N4O2S/c1-13-11-21-18(14(2)19(13)26-3)12-27(25)20-22-16-7-6-15(10-17(16)23-20)24-8-4-5-9-24/h4-11H,12H2,1-3H3,(H,22,23)/t27-/m0/s1. The van der Waals surface area contributed by atoms with Crippen LogP contribution in [0.1, 0.15) is 16.8 Å². The number of aryl methyl sites for hydroxylation is 1. The van der Waals surface area contributed by atoms with Gasteiger partial charge in [-0.15, -0.1) is 0 Å². The van der Waals surface area contributed by atoms with Gasteiger partial charge in [0.2, 0.25) is 0 Å². The van der Waals surface area contributed by atoms with Gasteiger partial charge in [-0.2, -0.15) is 4.98 Å². The summed E-state index contributed by atoms with van der Waals surface area (Å²) in [6.45, 7) is 3.88. The summed E-state index contributed by atoms with van der Waals surface area (Å²) in [6, 6.07) is 9.88. The number of nitrogens with one attached hydrogen (secondary N) is 1. The van der Waals surface area contributed by atoms with Gasteiger partial charge in [-0.05, 0) is 44.2 Å². The molecule has 1 N–H and O–H groups in total. The minimum Gasteiger partial charge on any atom is -0.609 e. The molecule has 0 aliphatic rings. The van der Waals surface area contributed by atoms with Gasteiger partial charge in [0.1, 0.15) is 5.75 Å². The van der Waals surface area contributed by atoms with E-state index >= 15 is 0 Å². The highest BCUT2D eigenvalue weighted by atomic mass is 32.2. The molecule has 0 spiro atoms. The van der Waals surface area contributed by atoms with E-state index < -0.39 is 11.2 Å². The van der Waals surface area contributed by atoms with E-state index in [1.54, 1.807) is 13.3 Å². The molecule has 0 saturated heterocycles. The maximum atomic E-state index is 12.9. The van der Waals surface area contributed by atoms with Gasteiger partial charge in [-0.25, -0.2) is 0 Å². The number of benzene rings is 1. The van der Waals surface area contributed by atoms with Crippen LogP contribution >= 0.6 is 0 Å². The fourth-order valence-electron chi connectivity index (χ4n) is 3.16. The van der Waals surface area contributed by atoms with Crippen molar-refractivity contribution in [1.82, 2.24) is 19.5 Å². The Bertz CT molecular complexity index is 1090. The zero-order chi connectivity index (χ0) is 19.0. The smallest absolute Gasteiger partial charge is 0.322 e. The zero-order valence-electron chi connectivity index (χ0n) is 15.4. The largest absolute Gasteiger partial charge is 0.609 e. The molecule has 7 heteroatoms. The van der Waals surface area contributed by atoms with Crippen LogP contribution in [-0.4, -0.2) is 31.2 Å². The van der Waals surface area contributed by atoms with E-state index in [9.17, 15) is 4.55 Å². The van der Waals surface area contributed by atoms with E-state index in [2.05, 4.69) is 15.0 Å². The molecule has 0 fully saturated rings. The van der Waals surface area contributed by atoms with Crippen molar-refractivity contribution in [3.05, 3.63) is 65.7 Å². The first kappa shape index (κ1) is 17.6. The molecule has 4 aromatic rings. The van der Waals surface area contributed by atoms with E-state index in [1.807, 2.05) is 61.1 Å². The lowest BCUT2D eigenvalue weighted by Gasteiger charge is -2.13. The number of methoxy groups -OCH3 is 1. The van der Waals surface area contributed by atoms with Gasteiger partial charge in [0.15, 0.2) is 5.75 Å². The molecule has 1 atom stereocenters. The van der Waals surface area contributed by atoms with E-state index in [1.165, 1.54) is 0 Å². The number of hydrogen-bond acceptors (Lipinski definition) is 4. The van der Waals surface area contributed by atoms with Crippen LogP contribution in [0.25, 0.3) is 16.7 Å². The van der Waals surface area contributed by atoms with Gasteiger partial charge in [0.25, 0.3) is 0 Å². The fourth-order valence-corrected chi connectivity index (χ4v) is 4.26. The molecular formula is C20H20N4O2S. The van der Waals surface area contributed by atoms with Crippen molar-refractivity contribution in [3.8, 4) is 11.4 Å². The number of hydrogen-bond donors (Lipinski definition) is 1. The van der Waals surface area contributed by atoms with Crippen LogP contribution in [0.5, 0.6) is 5.75 Å². The molecule has 0 bridgehead atoms. The average molecular weight is 380 g/mol. The van der Waals surface area contributed by atoms with Gasteiger partial charge in [0.05, 0.1) is 23.8 Å². The lowest BCUT2D eigenvalue weighted by molar-refractivity contribution is 0.407. The van der Waals surface area contributed by atoms with Crippen molar-refractivity contribution in [2.24, 2.45) is 0 Å². The molecule has 0 amide bonds. The molecule has 0 saturated carbocycles. The molecule has 0 radical (unpaired) electrons. The monoisotopic (exact) mass is 380 g/mol. The lowest BCUT2D eigenvalue weighted by Crippen LogP contribution is -2.10. The highest BCUT2D eigenvalue weighted by molar-refractivity contribution is 7.90. The quantitative estimate of drug-likeness (QED) is 0.536. The molecule has 3 heterocycles. The van der Waals surface area contributed by atoms with Gasteiger partial charge in [-0.3, -0.25) is 9.97 Å². The summed E-state index contributed by atoms with van der Waals surface area (Å²) in [7, 11) is 1.64. The van der Waals surface area contributed by atoms with Crippen molar-refractivity contribution in [2.45, 2.75) is 24.8 Å². The molecule has 0 unspecified atom stereocenters. The molecule has 1 aromatic carbocycles. The van der Waals surface area contributed by atoms with Gasteiger partial charge in [0, 0.05) is 46.6 Å². The molecule has 0 aliphatic carbocycles. The molecule has 6 nitrogen and oxygen atoms in total. The van der Waals surface area contributed by atoms with Crippen LogP contribution in [-0.2, 0) is 16.9 Å². The van der Waals surface area contributed by atoms with Gasteiger partial charge < -0.3 is 13.9 Å². The Labute approximate surface area is 160 Å². The van der Waals surface area contributed by atoms with E-state index in [-0.39, 0.29) is 5.75 Å². The lowest BCUT2D eigenvalue weighted by atomic mass is 10.1. The number of ether oxygens (including phenoxy) is 1. The summed E-state index contributed by atoms with van der Waals surface area (Å²) in [5.41, 5.74) is 5.29. The summed E-state index contributed by atoms with van der Waals surface area (Å²) in [4.78, 5) is 12.1. The number of rotatable bonds is 5. The minimum atomic E-state index is -1.33. The third kappa shape index (κ3) is 3.31. The molecule has 138 valence electrons. The maximum absolute atomic E-state index is 12.9. The van der Waals surface area contributed by atoms with Crippen molar-refractivity contribution < 1.29 is 9.29 Å². The van der Waals surface area contributed by atoms with E-state index in [4.69, 9.17) is 4.74 Å². The van der Waals surface area contributed by atoms with Crippen molar-refractivity contribution >= 4 is 22.2 Å². The fraction of sp³-hybridized carbons (Fsp3) is 0.200. The van der Waals surface area contributed by atoms with Crippen molar-refractivity contribution in [3.63, 3.8) is 0 Å². The number of aromatic amines is 1. The second-order valence-corrected chi connectivity index (χ2v) is 7.74. The van der Waals surface area contributed by atoms with Crippen molar-refractivity contribution in [2.75, 3.05) is 7.11 Å². The van der Waals surface area contributed by atoms with Crippen LogP contribution in [0.15, 0.2) is 54.1 Å². The first-order valence-corrected chi connectivity index (χ1v) is 9.89. The number of nitrogens with zero attached hydrogens (tertiary/aromatic N) is 3. The van der Waals surface area contributed by atoms with Gasteiger partial charge >= 0.3 is 5.16 Å². The normalized spacial score (nSPS) is 12.4. The Kier molecular flexibility index (Phi) is 4.63. The second kappa shape index (κ2) is 7.09. The Balaban J connectivity index is 1.62. The van der Waals surface area contributed by atoms with Gasteiger partial charge in [-0.1, -0.05) is 0 Å². The number of imidazole rings is 1. The van der Waals surface area contributed by atoms with Crippen molar-refractivity contribution in [1.29, 1.82) is 0 Å². The van der Waals surface area contributed by atoms with Crippen LogP contribution in [0.4, 0.5) is 0 Å². The number of aromatic nitrogens is 4.